The molecule has 0 aromatic rings. The summed E-state index contributed by atoms with van der Waals surface area (Å²) in [6, 6.07) is 0.279. The molecule has 0 bridgehead atoms. The molecule has 0 radical (unpaired) electrons. The summed E-state index contributed by atoms with van der Waals surface area (Å²) in [6.45, 7) is 7.17. The molecule has 1 atom stereocenters. The molecule has 19 heavy (non-hydrogen) atoms. The number of hydrogen-bond donors (Lipinski definition) is 2. The highest BCUT2D eigenvalue weighted by molar-refractivity contribution is 5.77. The van der Waals surface area contributed by atoms with Gasteiger partial charge in [-0.25, -0.2) is 0 Å². The molecule has 1 rings (SSSR count). The number of carbonyl (C=O) groups is 1. The van der Waals surface area contributed by atoms with Crippen LogP contribution < -0.4 is 11.1 Å². The Morgan fingerprint density at radius 2 is 1.79 bits per heavy atom. The highest BCUT2D eigenvalue weighted by Crippen LogP contribution is 2.38. The van der Waals surface area contributed by atoms with Crippen LogP contribution in [0.1, 0.15) is 72.1 Å². The monoisotopic (exact) mass is 268 g/mol. The van der Waals surface area contributed by atoms with Gasteiger partial charge < -0.3 is 11.1 Å². The van der Waals surface area contributed by atoms with Crippen molar-refractivity contribution in [3.63, 3.8) is 0 Å². The molecule has 3 heteroatoms. The van der Waals surface area contributed by atoms with Crippen molar-refractivity contribution < 1.29 is 4.79 Å². The molecule has 1 fully saturated rings. The van der Waals surface area contributed by atoms with Crippen molar-refractivity contribution in [2.75, 3.05) is 6.54 Å². The van der Waals surface area contributed by atoms with Gasteiger partial charge in [-0.05, 0) is 37.6 Å². The summed E-state index contributed by atoms with van der Waals surface area (Å²) in [5, 5.41) is 3.19. The minimum absolute atomic E-state index is 0.0793. The van der Waals surface area contributed by atoms with Gasteiger partial charge in [0.2, 0.25) is 5.91 Å². The normalized spacial score (nSPS) is 20.3. The van der Waals surface area contributed by atoms with Gasteiger partial charge in [-0.15, -0.1) is 0 Å². The van der Waals surface area contributed by atoms with Crippen LogP contribution >= 0.6 is 0 Å². The van der Waals surface area contributed by atoms with Crippen molar-refractivity contribution in [2.45, 2.75) is 78.2 Å². The Hall–Kier alpha value is -0.570. The van der Waals surface area contributed by atoms with Crippen molar-refractivity contribution >= 4 is 5.91 Å². The van der Waals surface area contributed by atoms with Crippen molar-refractivity contribution in [2.24, 2.45) is 17.1 Å². The molecule has 1 aliphatic carbocycles. The van der Waals surface area contributed by atoms with Crippen LogP contribution in [-0.2, 0) is 4.79 Å². The fourth-order valence-corrected chi connectivity index (χ4v) is 3.51. The summed E-state index contributed by atoms with van der Waals surface area (Å²) in [5.74, 6) is 0.788. The second-order valence-electron chi connectivity index (χ2n) is 6.37. The first-order valence-electron chi connectivity index (χ1n) is 8.06. The molecular formula is C16H32N2O. The minimum atomic E-state index is 0.0793. The molecule has 0 heterocycles. The number of nitrogens with one attached hydrogen (secondary N) is 1. The van der Waals surface area contributed by atoms with Gasteiger partial charge in [0.15, 0.2) is 0 Å². The molecule has 0 aromatic heterocycles. The Kier molecular flexibility index (Phi) is 6.84. The van der Waals surface area contributed by atoms with Gasteiger partial charge in [0, 0.05) is 12.5 Å². The third-order valence-corrected chi connectivity index (χ3v) is 5.03. The van der Waals surface area contributed by atoms with Crippen molar-refractivity contribution in [3.8, 4) is 0 Å². The van der Waals surface area contributed by atoms with Crippen LogP contribution in [0.3, 0.4) is 0 Å². The molecule has 3 nitrogen and oxygen atoms in total. The fourth-order valence-electron chi connectivity index (χ4n) is 3.51. The zero-order valence-electron chi connectivity index (χ0n) is 13.0. The number of carbonyl (C=O) groups excluding carboxylic acids is 1. The van der Waals surface area contributed by atoms with Gasteiger partial charge in [0.25, 0.3) is 0 Å². The molecule has 0 aliphatic heterocycles. The van der Waals surface area contributed by atoms with Crippen LogP contribution in [0.25, 0.3) is 0 Å². The summed E-state index contributed by atoms with van der Waals surface area (Å²) < 4.78 is 0. The second kappa shape index (κ2) is 7.88. The summed E-state index contributed by atoms with van der Waals surface area (Å²) in [7, 11) is 0. The standard InChI is InChI=1S/C16H32N2O/c1-4-14(5-2)13(3)18-15(19)11-16(12-17)9-7-6-8-10-16/h13-14H,4-12,17H2,1-3H3,(H,18,19). The van der Waals surface area contributed by atoms with E-state index in [0.717, 1.165) is 25.7 Å². The molecular weight excluding hydrogens is 236 g/mol. The zero-order valence-corrected chi connectivity index (χ0v) is 13.0. The predicted octanol–water partition coefficient (Wildman–Crippen LogP) is 3.23. The maximum Gasteiger partial charge on any atom is 0.220 e. The van der Waals surface area contributed by atoms with Gasteiger partial charge in [-0.1, -0.05) is 46.0 Å². The summed E-state index contributed by atoms with van der Waals surface area (Å²) in [5.41, 5.74) is 6.03. The molecule has 1 unspecified atom stereocenters. The van der Waals surface area contributed by atoms with E-state index in [9.17, 15) is 4.79 Å². The molecule has 1 amide bonds. The Bertz CT molecular complexity index is 268. The van der Waals surface area contributed by atoms with Gasteiger partial charge in [-0.2, -0.15) is 0 Å². The van der Waals surface area contributed by atoms with Crippen LogP contribution in [0, 0.1) is 11.3 Å². The highest BCUT2D eigenvalue weighted by Gasteiger charge is 2.33. The van der Waals surface area contributed by atoms with E-state index in [2.05, 4.69) is 26.1 Å². The minimum Gasteiger partial charge on any atom is -0.353 e. The average Bonchev–Trinajstić information content (AvgIpc) is 2.41. The quantitative estimate of drug-likeness (QED) is 0.745. The zero-order chi connectivity index (χ0) is 14.3. The average molecular weight is 268 g/mol. The van der Waals surface area contributed by atoms with Crippen molar-refractivity contribution in [1.29, 1.82) is 0 Å². The third kappa shape index (κ3) is 4.79. The fraction of sp³-hybridized carbons (Fsp3) is 0.938. The molecule has 1 saturated carbocycles. The topological polar surface area (TPSA) is 55.1 Å². The van der Waals surface area contributed by atoms with E-state index < -0.39 is 0 Å². The maximum absolute atomic E-state index is 12.3. The van der Waals surface area contributed by atoms with Crippen LogP contribution in [0.4, 0.5) is 0 Å². The van der Waals surface area contributed by atoms with Gasteiger partial charge in [0.05, 0.1) is 0 Å². The molecule has 3 N–H and O–H groups in total. The lowest BCUT2D eigenvalue weighted by atomic mass is 9.71. The van der Waals surface area contributed by atoms with Crippen molar-refractivity contribution in [1.82, 2.24) is 5.32 Å². The first-order chi connectivity index (χ1) is 9.06. The Balaban J connectivity index is 2.49. The van der Waals surface area contributed by atoms with E-state index in [4.69, 9.17) is 5.73 Å². The van der Waals surface area contributed by atoms with Crippen LogP contribution in [0.5, 0.6) is 0 Å². The first-order valence-corrected chi connectivity index (χ1v) is 8.06. The van der Waals surface area contributed by atoms with E-state index in [0.29, 0.717) is 18.9 Å². The van der Waals surface area contributed by atoms with Crippen LogP contribution in [-0.4, -0.2) is 18.5 Å². The SMILES string of the molecule is CCC(CC)C(C)NC(=O)CC1(CN)CCCCC1. The molecule has 112 valence electrons. The molecule has 0 aromatic carbocycles. The largest absolute Gasteiger partial charge is 0.353 e. The Labute approximate surface area is 118 Å². The van der Waals surface area contributed by atoms with Gasteiger partial charge in [-0.3, -0.25) is 4.79 Å². The number of nitrogens with two attached hydrogens (primary N) is 1. The summed E-state index contributed by atoms with van der Waals surface area (Å²) in [4.78, 5) is 12.3. The molecule has 1 aliphatic rings. The number of hydrogen-bond acceptors (Lipinski definition) is 2. The lowest BCUT2D eigenvalue weighted by molar-refractivity contribution is -0.124. The lowest BCUT2D eigenvalue weighted by Crippen LogP contribution is -2.43. The van der Waals surface area contributed by atoms with E-state index in [1.165, 1.54) is 19.3 Å². The van der Waals surface area contributed by atoms with E-state index >= 15 is 0 Å². The highest BCUT2D eigenvalue weighted by atomic mass is 16.1. The number of amides is 1. The van der Waals surface area contributed by atoms with Crippen LogP contribution in [0.15, 0.2) is 0 Å². The van der Waals surface area contributed by atoms with Crippen LogP contribution in [0.2, 0.25) is 0 Å². The van der Waals surface area contributed by atoms with E-state index in [1.54, 1.807) is 0 Å². The summed E-state index contributed by atoms with van der Waals surface area (Å²) >= 11 is 0. The first kappa shape index (κ1) is 16.5. The third-order valence-electron chi connectivity index (χ3n) is 5.03. The van der Waals surface area contributed by atoms with Gasteiger partial charge in [0.1, 0.15) is 0 Å². The molecule has 0 saturated heterocycles. The smallest absolute Gasteiger partial charge is 0.220 e. The van der Waals surface area contributed by atoms with Gasteiger partial charge >= 0.3 is 0 Å². The van der Waals surface area contributed by atoms with E-state index in [-0.39, 0.29) is 17.4 Å². The van der Waals surface area contributed by atoms with E-state index in [1.807, 2.05) is 0 Å². The Morgan fingerprint density at radius 1 is 1.21 bits per heavy atom. The Morgan fingerprint density at radius 3 is 2.26 bits per heavy atom. The molecule has 0 spiro atoms. The second-order valence-corrected chi connectivity index (χ2v) is 6.37. The summed E-state index contributed by atoms with van der Waals surface area (Å²) in [6.07, 6.45) is 8.87. The lowest BCUT2D eigenvalue weighted by Gasteiger charge is -2.36. The predicted molar refractivity (Wildman–Crippen MR) is 80.9 cm³/mol. The number of rotatable bonds is 7. The van der Waals surface area contributed by atoms with Crippen molar-refractivity contribution in [3.05, 3.63) is 0 Å². The maximum atomic E-state index is 12.3.